The van der Waals surface area contributed by atoms with E-state index in [1.54, 1.807) is 29.0 Å². The number of imidazole rings is 1. The van der Waals surface area contributed by atoms with Crippen molar-refractivity contribution in [3.05, 3.63) is 98.8 Å². The molecule has 12 heteroatoms. The van der Waals surface area contributed by atoms with E-state index in [4.69, 9.17) is 26.1 Å². The number of nitrogens with zero attached hydrogens (tertiary/aromatic N) is 5. The normalized spacial score (nSPS) is 14.6. The van der Waals surface area contributed by atoms with Crippen molar-refractivity contribution in [3.8, 4) is 17.1 Å². The summed E-state index contributed by atoms with van der Waals surface area (Å²) < 4.78 is 15.0. The van der Waals surface area contributed by atoms with E-state index in [-0.39, 0.29) is 23.9 Å². The highest BCUT2D eigenvalue weighted by Crippen LogP contribution is 2.24. The van der Waals surface area contributed by atoms with Crippen molar-refractivity contribution in [2.75, 3.05) is 6.61 Å². The molecule has 1 saturated heterocycles. The molecule has 2 unspecified atom stereocenters. The van der Waals surface area contributed by atoms with E-state index >= 15 is 0 Å². The van der Waals surface area contributed by atoms with Gasteiger partial charge in [0.15, 0.2) is 11.3 Å². The highest BCUT2D eigenvalue weighted by atomic mass is 35.5. The van der Waals surface area contributed by atoms with Gasteiger partial charge < -0.3 is 23.7 Å². The molecule has 5 aromatic rings. The smallest absolute Gasteiger partial charge is 0.354 e. The van der Waals surface area contributed by atoms with Gasteiger partial charge in [-0.15, -0.1) is 9.24 Å². The Morgan fingerprint density at radius 3 is 2.74 bits per heavy atom. The number of hydrogen-bond donors (Lipinski definition) is 1. The van der Waals surface area contributed by atoms with Gasteiger partial charge in [0.1, 0.15) is 17.9 Å². The molecule has 1 fully saturated rings. The molecule has 0 aliphatic carbocycles. The van der Waals surface area contributed by atoms with Crippen LogP contribution in [0, 0.1) is 6.92 Å². The zero-order valence-corrected chi connectivity index (χ0v) is 24.6. The summed E-state index contributed by atoms with van der Waals surface area (Å²) >= 11 is 6.05. The molecule has 4 aromatic heterocycles. The molecule has 0 amide bonds. The Labute approximate surface area is 248 Å². The fourth-order valence-electron chi connectivity index (χ4n) is 4.85. The molecule has 0 saturated carbocycles. The van der Waals surface area contributed by atoms with Crippen molar-refractivity contribution in [3.63, 3.8) is 0 Å². The van der Waals surface area contributed by atoms with Gasteiger partial charge in [0.25, 0.3) is 5.56 Å². The lowest BCUT2D eigenvalue weighted by molar-refractivity contribution is -0.0591. The third-order valence-electron chi connectivity index (χ3n) is 7.19. The lowest BCUT2D eigenvalue weighted by atomic mass is 10.1. The fraction of sp³-hybridized carbons (Fsp3) is 0.233. The minimum absolute atomic E-state index is 0.0137. The van der Waals surface area contributed by atoms with Gasteiger partial charge in [-0.05, 0) is 60.1 Å². The predicted octanol–water partition coefficient (Wildman–Crippen LogP) is 4.23. The number of carboxylic acids is 1. The molecular formula is C30H27ClN5O5P. The zero-order valence-electron chi connectivity index (χ0n) is 22.7. The molecule has 5 heterocycles. The topological polar surface area (TPSA) is 121 Å². The summed E-state index contributed by atoms with van der Waals surface area (Å²) in [5.74, 6) is -0.0831. The van der Waals surface area contributed by atoms with Gasteiger partial charge >= 0.3 is 5.97 Å². The average Bonchev–Trinajstić information content (AvgIpc) is 3.28. The van der Waals surface area contributed by atoms with Crippen molar-refractivity contribution < 1.29 is 19.4 Å². The summed E-state index contributed by atoms with van der Waals surface area (Å²) in [6.45, 7) is 3.57. The maximum atomic E-state index is 13.3. The van der Waals surface area contributed by atoms with Gasteiger partial charge in [-0.1, -0.05) is 23.7 Å². The van der Waals surface area contributed by atoms with E-state index in [0.29, 0.717) is 58.9 Å². The summed E-state index contributed by atoms with van der Waals surface area (Å²) in [4.78, 5) is 38.5. The lowest BCUT2D eigenvalue weighted by Gasteiger charge is -2.27. The third-order valence-corrected chi connectivity index (χ3v) is 7.96. The fourth-order valence-corrected chi connectivity index (χ4v) is 5.49. The average molecular weight is 604 g/mol. The number of hydrogen-bond acceptors (Lipinski definition) is 7. The van der Waals surface area contributed by atoms with Gasteiger partial charge in [-0.2, -0.15) is 0 Å². The standard InChI is InChI=1S/C30H27ClN5O5P/c1-17-13-35(15-26-32-23-7-8-24(30(38)39)34-29(23)36(26)14-20-9-10-40-20)28(37)12-21(17)22-3-2-4-27(33-22)41-16-18-5-6-19(31)11-25(18)42/h2-8,11-13,20H,9-10,14-16,42H2,1H3,(H,38,39). The molecule has 0 radical (unpaired) electrons. The van der Waals surface area contributed by atoms with Crippen LogP contribution < -0.4 is 15.6 Å². The highest BCUT2D eigenvalue weighted by molar-refractivity contribution is 7.27. The Balaban J connectivity index is 1.27. The van der Waals surface area contributed by atoms with E-state index in [0.717, 1.165) is 22.9 Å². The minimum Gasteiger partial charge on any atom is -0.477 e. The number of aryl methyl sites for hydroxylation is 1. The Hall–Kier alpha value is -4.11. The number of pyridine rings is 3. The van der Waals surface area contributed by atoms with E-state index in [1.165, 1.54) is 6.07 Å². The summed E-state index contributed by atoms with van der Waals surface area (Å²) in [6.07, 6.45) is 2.65. The highest BCUT2D eigenvalue weighted by Gasteiger charge is 2.23. The first-order chi connectivity index (χ1) is 20.2. The van der Waals surface area contributed by atoms with Crippen LogP contribution in [0.1, 0.15) is 33.9 Å². The van der Waals surface area contributed by atoms with Gasteiger partial charge in [-0.3, -0.25) is 4.79 Å². The molecule has 1 aliphatic heterocycles. The molecule has 214 valence electrons. The Kier molecular flexibility index (Phi) is 7.77. The van der Waals surface area contributed by atoms with Gasteiger partial charge in [-0.25, -0.2) is 19.7 Å². The SMILES string of the molecule is Cc1cn(Cc2nc3ccc(C(=O)O)nc3n2CC2CCO2)c(=O)cc1-c1cccc(OCc2ccc(Cl)cc2P)n1. The van der Waals surface area contributed by atoms with Crippen molar-refractivity contribution in [2.24, 2.45) is 0 Å². The van der Waals surface area contributed by atoms with Crippen LogP contribution in [0.4, 0.5) is 0 Å². The molecule has 0 bridgehead atoms. The number of halogens is 1. The first-order valence-electron chi connectivity index (χ1n) is 13.3. The van der Waals surface area contributed by atoms with Gasteiger partial charge in [0, 0.05) is 35.5 Å². The second-order valence-electron chi connectivity index (χ2n) is 10.1. The largest absolute Gasteiger partial charge is 0.477 e. The third kappa shape index (κ3) is 5.79. The van der Waals surface area contributed by atoms with Crippen LogP contribution in [0.15, 0.2) is 65.6 Å². The van der Waals surface area contributed by atoms with Crippen LogP contribution in [0.3, 0.4) is 0 Å². The van der Waals surface area contributed by atoms with Crippen molar-refractivity contribution in [1.82, 2.24) is 24.1 Å². The Morgan fingerprint density at radius 2 is 2.00 bits per heavy atom. The number of ether oxygens (including phenoxy) is 2. The maximum Gasteiger partial charge on any atom is 0.354 e. The van der Waals surface area contributed by atoms with E-state index in [9.17, 15) is 14.7 Å². The molecule has 42 heavy (non-hydrogen) atoms. The second kappa shape index (κ2) is 11.6. The number of fused-ring (bicyclic) bond motifs is 1. The second-order valence-corrected chi connectivity index (χ2v) is 11.2. The molecule has 1 N–H and O–H groups in total. The number of carbonyl (C=O) groups is 1. The quantitative estimate of drug-likeness (QED) is 0.249. The van der Waals surface area contributed by atoms with Gasteiger partial charge in [0.05, 0.1) is 24.9 Å². The van der Waals surface area contributed by atoms with Gasteiger partial charge in [0.2, 0.25) is 5.88 Å². The first-order valence-corrected chi connectivity index (χ1v) is 14.3. The number of carboxylic acid groups (broad SMARTS) is 1. The number of aromatic nitrogens is 5. The van der Waals surface area contributed by atoms with Crippen LogP contribution in [0.25, 0.3) is 22.4 Å². The van der Waals surface area contributed by atoms with Crippen molar-refractivity contribution in [1.29, 1.82) is 0 Å². The molecular weight excluding hydrogens is 577 g/mol. The number of benzene rings is 1. The molecule has 0 spiro atoms. The van der Waals surface area contributed by atoms with Crippen LogP contribution in [-0.4, -0.2) is 47.9 Å². The molecule has 1 aromatic carbocycles. The Morgan fingerprint density at radius 1 is 1.17 bits per heavy atom. The van der Waals surface area contributed by atoms with Crippen LogP contribution in [0.5, 0.6) is 5.88 Å². The van der Waals surface area contributed by atoms with Crippen molar-refractivity contribution in [2.45, 2.75) is 39.1 Å². The maximum absolute atomic E-state index is 13.3. The van der Waals surface area contributed by atoms with E-state index in [2.05, 4.69) is 19.2 Å². The van der Waals surface area contributed by atoms with E-state index in [1.807, 2.05) is 41.8 Å². The monoisotopic (exact) mass is 603 g/mol. The zero-order chi connectivity index (χ0) is 29.4. The summed E-state index contributed by atoms with van der Waals surface area (Å²) in [6, 6.07) is 15.7. The molecule has 10 nitrogen and oxygen atoms in total. The molecule has 2 atom stereocenters. The minimum atomic E-state index is -1.12. The lowest BCUT2D eigenvalue weighted by Crippen LogP contribution is -2.32. The predicted molar refractivity (Wildman–Crippen MR) is 162 cm³/mol. The summed E-state index contributed by atoms with van der Waals surface area (Å²) in [5, 5.41) is 11.0. The molecule has 1 aliphatic rings. The molecule has 6 rings (SSSR count). The summed E-state index contributed by atoms with van der Waals surface area (Å²) in [5.41, 5.74) is 3.86. The van der Waals surface area contributed by atoms with Crippen LogP contribution >= 0.6 is 20.8 Å². The Bertz CT molecular complexity index is 1880. The summed E-state index contributed by atoms with van der Waals surface area (Å²) in [7, 11) is 2.65. The van der Waals surface area contributed by atoms with E-state index < -0.39 is 5.97 Å². The number of rotatable bonds is 9. The number of aromatic carboxylic acids is 1. The van der Waals surface area contributed by atoms with Crippen LogP contribution in [0.2, 0.25) is 5.02 Å². The van der Waals surface area contributed by atoms with Crippen molar-refractivity contribution >= 4 is 43.3 Å². The first kappa shape index (κ1) is 28.0. The van der Waals surface area contributed by atoms with Crippen LogP contribution in [-0.2, 0) is 24.4 Å².